The maximum atomic E-state index is 11.9. The predicted molar refractivity (Wildman–Crippen MR) is 76.7 cm³/mol. The van der Waals surface area contributed by atoms with Gasteiger partial charge in [0.2, 0.25) is 0 Å². The number of carbonyl (C=O) groups is 1. The van der Waals surface area contributed by atoms with Crippen molar-refractivity contribution in [3.63, 3.8) is 0 Å². The molecule has 0 radical (unpaired) electrons. The summed E-state index contributed by atoms with van der Waals surface area (Å²) in [5.74, 6) is 0.683. The minimum atomic E-state index is -0.297. The van der Waals surface area contributed by atoms with Crippen LogP contribution in [0.2, 0.25) is 0 Å². The molecule has 1 atom stereocenters. The number of carbonyl (C=O) groups excluding carboxylic acids is 1. The molecule has 0 fully saturated rings. The standard InChI is InChI=1S/C16H25NO/c1-4-5-6-15(17)16(18)11-13-7-9-14(10-8-13)12(2)3/h7-10,12,15H,4-6,11,17H2,1-3H3. The molecule has 1 aromatic rings. The first kappa shape index (κ1) is 14.9. The lowest BCUT2D eigenvalue weighted by atomic mass is 9.97. The number of rotatable bonds is 7. The highest BCUT2D eigenvalue weighted by atomic mass is 16.1. The quantitative estimate of drug-likeness (QED) is 0.802. The van der Waals surface area contributed by atoms with Crippen molar-refractivity contribution in [1.29, 1.82) is 0 Å². The molecule has 1 aromatic carbocycles. The number of unbranched alkanes of at least 4 members (excludes halogenated alkanes) is 1. The van der Waals surface area contributed by atoms with Crippen molar-refractivity contribution in [2.75, 3.05) is 0 Å². The van der Waals surface area contributed by atoms with E-state index in [9.17, 15) is 4.79 Å². The Labute approximate surface area is 111 Å². The van der Waals surface area contributed by atoms with Crippen molar-refractivity contribution in [3.05, 3.63) is 35.4 Å². The van der Waals surface area contributed by atoms with Crippen LogP contribution in [0.25, 0.3) is 0 Å². The summed E-state index contributed by atoms with van der Waals surface area (Å²) in [5.41, 5.74) is 8.25. The van der Waals surface area contributed by atoms with Crippen molar-refractivity contribution in [1.82, 2.24) is 0 Å². The Bertz CT molecular complexity index is 367. The van der Waals surface area contributed by atoms with Crippen LogP contribution in [0, 0.1) is 0 Å². The molecule has 2 nitrogen and oxygen atoms in total. The summed E-state index contributed by atoms with van der Waals surface area (Å²) in [6.07, 6.45) is 3.38. The van der Waals surface area contributed by atoms with Crippen LogP contribution in [0.15, 0.2) is 24.3 Å². The van der Waals surface area contributed by atoms with Crippen molar-refractivity contribution >= 4 is 5.78 Å². The van der Waals surface area contributed by atoms with Gasteiger partial charge in [-0.25, -0.2) is 0 Å². The maximum absolute atomic E-state index is 11.9. The maximum Gasteiger partial charge on any atom is 0.153 e. The van der Waals surface area contributed by atoms with Gasteiger partial charge < -0.3 is 5.73 Å². The number of ketones is 1. The molecule has 0 heterocycles. The Balaban J connectivity index is 2.53. The molecule has 0 bridgehead atoms. The predicted octanol–water partition coefficient (Wildman–Crippen LogP) is 3.44. The normalized spacial score (nSPS) is 12.7. The average molecular weight is 247 g/mol. The lowest BCUT2D eigenvalue weighted by molar-refractivity contribution is -0.119. The van der Waals surface area contributed by atoms with Gasteiger partial charge in [-0.1, -0.05) is 57.9 Å². The average Bonchev–Trinajstić information content (AvgIpc) is 2.36. The topological polar surface area (TPSA) is 43.1 Å². The Kier molecular flexibility index (Phi) is 6.06. The summed E-state index contributed by atoms with van der Waals surface area (Å²) in [6, 6.07) is 7.99. The SMILES string of the molecule is CCCCC(N)C(=O)Cc1ccc(C(C)C)cc1. The third kappa shape index (κ3) is 4.61. The molecule has 100 valence electrons. The molecule has 1 unspecified atom stereocenters. The van der Waals surface area contributed by atoms with Gasteiger partial charge in [-0.3, -0.25) is 4.79 Å². The van der Waals surface area contributed by atoms with E-state index in [1.807, 2.05) is 12.1 Å². The Morgan fingerprint density at radius 1 is 1.22 bits per heavy atom. The van der Waals surface area contributed by atoms with E-state index in [1.165, 1.54) is 5.56 Å². The first-order valence-electron chi connectivity index (χ1n) is 6.91. The number of nitrogens with two attached hydrogens (primary N) is 1. The Morgan fingerprint density at radius 2 is 1.83 bits per heavy atom. The summed E-state index contributed by atoms with van der Waals surface area (Å²) < 4.78 is 0. The van der Waals surface area contributed by atoms with Gasteiger partial charge in [0.15, 0.2) is 5.78 Å². The van der Waals surface area contributed by atoms with E-state index in [2.05, 4.69) is 32.9 Å². The fourth-order valence-electron chi connectivity index (χ4n) is 1.94. The van der Waals surface area contributed by atoms with E-state index in [0.717, 1.165) is 24.8 Å². The summed E-state index contributed by atoms with van der Waals surface area (Å²) >= 11 is 0. The highest BCUT2D eigenvalue weighted by Gasteiger charge is 2.13. The number of benzene rings is 1. The number of Topliss-reactive ketones (excluding diaryl/α,β-unsaturated/α-hetero) is 1. The lowest BCUT2D eigenvalue weighted by Crippen LogP contribution is -2.31. The van der Waals surface area contributed by atoms with E-state index >= 15 is 0 Å². The monoisotopic (exact) mass is 247 g/mol. The Morgan fingerprint density at radius 3 is 2.33 bits per heavy atom. The van der Waals surface area contributed by atoms with Gasteiger partial charge in [0.25, 0.3) is 0 Å². The largest absolute Gasteiger partial charge is 0.321 e. The molecule has 0 aliphatic heterocycles. The first-order valence-corrected chi connectivity index (χ1v) is 6.91. The third-order valence-electron chi connectivity index (χ3n) is 3.31. The van der Waals surface area contributed by atoms with Crippen LogP contribution in [-0.2, 0) is 11.2 Å². The second kappa shape index (κ2) is 7.32. The summed E-state index contributed by atoms with van der Waals surface area (Å²) in [7, 11) is 0. The minimum absolute atomic E-state index is 0.153. The van der Waals surface area contributed by atoms with Gasteiger partial charge in [0, 0.05) is 6.42 Å². The van der Waals surface area contributed by atoms with Crippen molar-refractivity contribution in [2.45, 2.75) is 58.4 Å². The first-order chi connectivity index (χ1) is 8.54. The fourth-order valence-corrected chi connectivity index (χ4v) is 1.94. The van der Waals surface area contributed by atoms with Gasteiger partial charge in [-0.05, 0) is 23.5 Å². The number of hydrogen-bond donors (Lipinski definition) is 1. The zero-order chi connectivity index (χ0) is 13.5. The van der Waals surface area contributed by atoms with Gasteiger partial charge in [0.05, 0.1) is 6.04 Å². The van der Waals surface area contributed by atoms with Gasteiger partial charge in [0.1, 0.15) is 0 Å². The molecular weight excluding hydrogens is 222 g/mol. The van der Waals surface area contributed by atoms with E-state index in [4.69, 9.17) is 5.73 Å². The zero-order valence-electron chi connectivity index (χ0n) is 11.8. The van der Waals surface area contributed by atoms with E-state index in [-0.39, 0.29) is 11.8 Å². The summed E-state index contributed by atoms with van der Waals surface area (Å²) in [5, 5.41) is 0. The molecule has 0 aliphatic rings. The molecule has 2 N–H and O–H groups in total. The highest BCUT2D eigenvalue weighted by Crippen LogP contribution is 2.15. The van der Waals surface area contributed by atoms with Crippen LogP contribution in [-0.4, -0.2) is 11.8 Å². The van der Waals surface area contributed by atoms with Crippen LogP contribution in [0.1, 0.15) is 57.1 Å². The van der Waals surface area contributed by atoms with Crippen LogP contribution in [0.5, 0.6) is 0 Å². The Hall–Kier alpha value is -1.15. The molecule has 0 amide bonds. The van der Waals surface area contributed by atoms with Crippen LogP contribution in [0.3, 0.4) is 0 Å². The molecule has 0 saturated carbocycles. The molecule has 18 heavy (non-hydrogen) atoms. The van der Waals surface area contributed by atoms with Gasteiger partial charge in [-0.2, -0.15) is 0 Å². The lowest BCUT2D eigenvalue weighted by Gasteiger charge is -2.11. The van der Waals surface area contributed by atoms with Gasteiger partial charge in [-0.15, -0.1) is 0 Å². The third-order valence-corrected chi connectivity index (χ3v) is 3.31. The van der Waals surface area contributed by atoms with Crippen molar-refractivity contribution < 1.29 is 4.79 Å². The van der Waals surface area contributed by atoms with E-state index in [1.54, 1.807) is 0 Å². The highest BCUT2D eigenvalue weighted by molar-refractivity contribution is 5.85. The zero-order valence-corrected chi connectivity index (χ0v) is 11.8. The van der Waals surface area contributed by atoms with E-state index in [0.29, 0.717) is 12.3 Å². The summed E-state index contributed by atoms with van der Waals surface area (Å²) in [6.45, 7) is 6.45. The van der Waals surface area contributed by atoms with E-state index < -0.39 is 0 Å². The minimum Gasteiger partial charge on any atom is -0.321 e. The molecule has 2 heteroatoms. The molecule has 0 saturated heterocycles. The molecule has 1 rings (SSSR count). The smallest absolute Gasteiger partial charge is 0.153 e. The van der Waals surface area contributed by atoms with Crippen molar-refractivity contribution in [3.8, 4) is 0 Å². The fraction of sp³-hybridized carbons (Fsp3) is 0.562. The van der Waals surface area contributed by atoms with Crippen LogP contribution >= 0.6 is 0 Å². The second-order valence-corrected chi connectivity index (χ2v) is 5.29. The summed E-state index contributed by atoms with van der Waals surface area (Å²) in [4.78, 5) is 11.9. The second-order valence-electron chi connectivity index (χ2n) is 5.29. The molecule has 0 aliphatic carbocycles. The molecule has 0 aromatic heterocycles. The van der Waals surface area contributed by atoms with Crippen molar-refractivity contribution in [2.24, 2.45) is 5.73 Å². The molecule has 0 spiro atoms. The van der Waals surface area contributed by atoms with Crippen LogP contribution in [0.4, 0.5) is 0 Å². The number of hydrogen-bond acceptors (Lipinski definition) is 2. The molecular formula is C16H25NO. The van der Waals surface area contributed by atoms with Gasteiger partial charge >= 0.3 is 0 Å². The van der Waals surface area contributed by atoms with Crippen LogP contribution < -0.4 is 5.73 Å².